The fraction of sp³-hybridized carbons (Fsp3) is 0.154. The van der Waals surface area contributed by atoms with E-state index in [2.05, 4.69) is 4.98 Å². The molecule has 0 saturated heterocycles. The molecule has 18 heavy (non-hydrogen) atoms. The highest BCUT2D eigenvalue weighted by Crippen LogP contribution is 2.17. The van der Waals surface area contributed by atoms with Crippen molar-refractivity contribution in [3.8, 4) is 5.88 Å². The van der Waals surface area contributed by atoms with Gasteiger partial charge in [0.1, 0.15) is 5.76 Å². The lowest BCUT2D eigenvalue weighted by Gasteiger charge is -2.11. The minimum absolute atomic E-state index is 0.0127. The van der Waals surface area contributed by atoms with Crippen molar-refractivity contribution in [2.24, 2.45) is 11.7 Å². The molecule has 1 unspecified atom stereocenters. The molecule has 0 aliphatic heterocycles. The van der Waals surface area contributed by atoms with Crippen LogP contribution in [0.1, 0.15) is 17.3 Å². The van der Waals surface area contributed by atoms with Crippen LogP contribution < -0.4 is 10.5 Å². The van der Waals surface area contributed by atoms with Crippen LogP contribution in [0.3, 0.4) is 0 Å². The minimum Gasteiger partial charge on any atom is -0.439 e. The predicted octanol–water partition coefficient (Wildman–Crippen LogP) is 1.22. The van der Waals surface area contributed by atoms with Crippen molar-refractivity contribution >= 4 is 11.7 Å². The molecule has 1 heterocycles. The number of rotatable bonds is 3. The standard InChI is InChI=1S/C13H12N2O3/c1-8-2-4-10(6-11(8)16)18-12-5-3-9(7-15-12)13(14)17/h2-8H,1H3,(H2,14,17). The number of nitrogens with two attached hydrogens (primary N) is 1. The van der Waals surface area contributed by atoms with Gasteiger partial charge in [0.25, 0.3) is 0 Å². The number of ketones is 1. The van der Waals surface area contributed by atoms with E-state index >= 15 is 0 Å². The first-order valence-electron chi connectivity index (χ1n) is 5.44. The molecule has 0 saturated carbocycles. The molecule has 1 aromatic rings. The molecule has 5 nitrogen and oxygen atoms in total. The maximum Gasteiger partial charge on any atom is 0.250 e. The summed E-state index contributed by atoms with van der Waals surface area (Å²) in [5.74, 6) is 0.0503. The van der Waals surface area contributed by atoms with Gasteiger partial charge in [-0.2, -0.15) is 0 Å². The highest BCUT2D eigenvalue weighted by molar-refractivity contribution is 5.94. The second-order valence-corrected chi connectivity index (χ2v) is 3.95. The van der Waals surface area contributed by atoms with Gasteiger partial charge in [-0.15, -0.1) is 0 Å². The molecule has 1 aliphatic rings. The number of ether oxygens (including phenoxy) is 1. The molecule has 92 valence electrons. The van der Waals surface area contributed by atoms with Gasteiger partial charge in [-0.3, -0.25) is 9.59 Å². The fourth-order valence-electron chi connectivity index (χ4n) is 1.42. The molecular weight excluding hydrogens is 232 g/mol. The zero-order valence-electron chi connectivity index (χ0n) is 9.79. The molecule has 0 fully saturated rings. The predicted molar refractivity (Wildman–Crippen MR) is 64.8 cm³/mol. The number of carbonyl (C=O) groups is 2. The normalized spacial score (nSPS) is 18.4. The fourth-order valence-corrected chi connectivity index (χ4v) is 1.42. The van der Waals surface area contributed by atoms with Gasteiger partial charge in [-0.05, 0) is 12.1 Å². The van der Waals surface area contributed by atoms with Gasteiger partial charge in [0, 0.05) is 24.3 Å². The third-order valence-corrected chi connectivity index (χ3v) is 2.53. The van der Waals surface area contributed by atoms with Crippen LogP contribution in [-0.4, -0.2) is 16.7 Å². The summed E-state index contributed by atoms with van der Waals surface area (Å²) in [6.07, 6.45) is 6.23. The van der Waals surface area contributed by atoms with Crippen molar-refractivity contribution in [3.05, 3.63) is 47.9 Å². The van der Waals surface area contributed by atoms with E-state index in [1.165, 1.54) is 24.4 Å². The highest BCUT2D eigenvalue weighted by atomic mass is 16.5. The van der Waals surface area contributed by atoms with Crippen LogP contribution in [0.2, 0.25) is 0 Å². The average molecular weight is 244 g/mol. The lowest BCUT2D eigenvalue weighted by molar-refractivity contribution is -0.116. The number of amides is 1. The van der Waals surface area contributed by atoms with E-state index in [9.17, 15) is 9.59 Å². The Labute approximate surface area is 104 Å². The summed E-state index contributed by atoms with van der Waals surface area (Å²) in [6.45, 7) is 1.81. The van der Waals surface area contributed by atoms with Crippen molar-refractivity contribution in [3.63, 3.8) is 0 Å². The topological polar surface area (TPSA) is 82.3 Å². The molecule has 0 aromatic carbocycles. The number of pyridine rings is 1. The SMILES string of the molecule is CC1C=CC(Oc2ccc(C(N)=O)cn2)=CC1=O. The quantitative estimate of drug-likeness (QED) is 0.866. The Balaban J connectivity index is 2.11. The van der Waals surface area contributed by atoms with E-state index in [0.29, 0.717) is 17.2 Å². The lowest BCUT2D eigenvalue weighted by Crippen LogP contribution is -2.12. The van der Waals surface area contributed by atoms with Crippen LogP contribution in [0.15, 0.2) is 42.3 Å². The van der Waals surface area contributed by atoms with Crippen LogP contribution in [-0.2, 0) is 4.79 Å². The first kappa shape index (κ1) is 12.0. The van der Waals surface area contributed by atoms with Crippen LogP contribution in [0.25, 0.3) is 0 Å². The molecule has 0 radical (unpaired) electrons. The largest absolute Gasteiger partial charge is 0.439 e. The van der Waals surface area contributed by atoms with Crippen molar-refractivity contribution in [1.82, 2.24) is 4.98 Å². The van der Waals surface area contributed by atoms with Crippen LogP contribution in [0, 0.1) is 5.92 Å². The zero-order chi connectivity index (χ0) is 13.1. The molecule has 1 amide bonds. The smallest absolute Gasteiger partial charge is 0.250 e. The third-order valence-electron chi connectivity index (χ3n) is 2.53. The maximum atomic E-state index is 11.4. The number of aromatic nitrogens is 1. The summed E-state index contributed by atoms with van der Waals surface area (Å²) in [7, 11) is 0. The van der Waals surface area contributed by atoms with Crippen LogP contribution >= 0.6 is 0 Å². The number of hydrogen-bond acceptors (Lipinski definition) is 4. The Hall–Kier alpha value is -2.43. The maximum absolute atomic E-state index is 11.4. The van der Waals surface area contributed by atoms with Gasteiger partial charge < -0.3 is 10.5 Å². The van der Waals surface area contributed by atoms with Gasteiger partial charge in [0.15, 0.2) is 5.78 Å². The van der Waals surface area contributed by atoms with Crippen LogP contribution in [0.4, 0.5) is 0 Å². The Kier molecular flexibility index (Phi) is 3.23. The van der Waals surface area contributed by atoms with Gasteiger partial charge in [0.2, 0.25) is 11.8 Å². The van der Waals surface area contributed by atoms with E-state index in [1.54, 1.807) is 12.2 Å². The first-order chi connectivity index (χ1) is 8.56. The van der Waals surface area contributed by atoms with E-state index in [0.717, 1.165) is 0 Å². The van der Waals surface area contributed by atoms with Gasteiger partial charge in [-0.25, -0.2) is 4.98 Å². The van der Waals surface area contributed by atoms with E-state index in [1.807, 2.05) is 6.92 Å². The molecule has 1 atom stereocenters. The van der Waals surface area contributed by atoms with Crippen LogP contribution in [0.5, 0.6) is 5.88 Å². The summed E-state index contributed by atoms with van der Waals surface area (Å²) in [6, 6.07) is 3.04. The molecule has 5 heteroatoms. The van der Waals surface area contributed by atoms with Crippen molar-refractivity contribution in [2.45, 2.75) is 6.92 Å². The number of hydrogen-bond donors (Lipinski definition) is 1. The number of allylic oxidation sites excluding steroid dienone is 3. The highest BCUT2D eigenvalue weighted by Gasteiger charge is 2.14. The van der Waals surface area contributed by atoms with Gasteiger partial charge in [0.05, 0.1) is 5.56 Å². The number of carbonyl (C=O) groups excluding carboxylic acids is 2. The number of nitrogens with zero attached hydrogens (tertiary/aromatic N) is 1. The first-order valence-corrected chi connectivity index (χ1v) is 5.44. The van der Waals surface area contributed by atoms with Crippen molar-refractivity contribution in [1.29, 1.82) is 0 Å². The monoisotopic (exact) mass is 244 g/mol. The Morgan fingerprint density at radius 3 is 2.78 bits per heavy atom. The summed E-state index contributed by atoms with van der Waals surface area (Å²) >= 11 is 0. The minimum atomic E-state index is -0.546. The summed E-state index contributed by atoms with van der Waals surface area (Å²) in [4.78, 5) is 26.2. The molecule has 1 aliphatic carbocycles. The second-order valence-electron chi connectivity index (χ2n) is 3.95. The summed E-state index contributed by atoms with van der Waals surface area (Å²) < 4.78 is 5.40. The van der Waals surface area contributed by atoms with Crippen molar-refractivity contribution in [2.75, 3.05) is 0 Å². The Morgan fingerprint density at radius 2 is 2.22 bits per heavy atom. The zero-order valence-corrected chi connectivity index (χ0v) is 9.79. The van der Waals surface area contributed by atoms with Gasteiger partial charge >= 0.3 is 0 Å². The summed E-state index contributed by atoms with van der Waals surface area (Å²) in [5.41, 5.74) is 5.40. The average Bonchev–Trinajstić information content (AvgIpc) is 2.34. The van der Waals surface area contributed by atoms with E-state index in [-0.39, 0.29) is 11.7 Å². The molecule has 0 spiro atoms. The molecule has 0 bridgehead atoms. The third kappa shape index (κ3) is 2.63. The molecular formula is C13H12N2O3. The summed E-state index contributed by atoms with van der Waals surface area (Å²) in [5, 5.41) is 0. The molecule has 2 N–H and O–H groups in total. The van der Waals surface area contributed by atoms with E-state index in [4.69, 9.17) is 10.5 Å². The molecule has 1 aromatic heterocycles. The van der Waals surface area contributed by atoms with E-state index < -0.39 is 5.91 Å². The Bertz CT molecular complexity index is 544. The number of primary amides is 1. The Morgan fingerprint density at radius 1 is 1.44 bits per heavy atom. The second kappa shape index (κ2) is 4.83. The molecule has 2 rings (SSSR count). The van der Waals surface area contributed by atoms with Crippen molar-refractivity contribution < 1.29 is 14.3 Å². The lowest BCUT2D eigenvalue weighted by atomic mass is 10.0. The van der Waals surface area contributed by atoms with Gasteiger partial charge in [-0.1, -0.05) is 13.0 Å².